The summed E-state index contributed by atoms with van der Waals surface area (Å²) in [6, 6.07) is 1.86. The molecule has 1 aliphatic heterocycles. The van der Waals surface area contributed by atoms with E-state index in [-0.39, 0.29) is 17.6 Å². The van der Waals surface area contributed by atoms with Crippen LogP contribution in [0.25, 0.3) is 0 Å². The summed E-state index contributed by atoms with van der Waals surface area (Å²) in [5.41, 5.74) is 5.05. The standard InChI is InChI=1S/C13H16F3N3O/c1-8-4-5-19(7-10(8)17)12(20)11-3-2-9(6-18-11)13(14,15)16/h2-3,6,8,10H,4-5,7,17H2,1H3. The van der Waals surface area contributed by atoms with Crippen molar-refractivity contribution in [2.45, 2.75) is 25.6 Å². The monoisotopic (exact) mass is 287 g/mol. The van der Waals surface area contributed by atoms with Gasteiger partial charge in [0.2, 0.25) is 0 Å². The predicted octanol–water partition coefficient (Wildman–Crippen LogP) is 1.91. The van der Waals surface area contributed by atoms with Gasteiger partial charge in [-0.2, -0.15) is 13.2 Å². The van der Waals surface area contributed by atoms with Crippen LogP contribution in [0.3, 0.4) is 0 Å². The maximum absolute atomic E-state index is 12.4. The number of hydrogen-bond acceptors (Lipinski definition) is 3. The highest BCUT2D eigenvalue weighted by atomic mass is 19.4. The highest BCUT2D eigenvalue weighted by molar-refractivity contribution is 5.92. The van der Waals surface area contributed by atoms with Crippen LogP contribution in [-0.4, -0.2) is 34.9 Å². The maximum Gasteiger partial charge on any atom is 0.417 e. The molecule has 2 N–H and O–H groups in total. The molecule has 1 aromatic rings. The highest BCUT2D eigenvalue weighted by Gasteiger charge is 2.32. The van der Waals surface area contributed by atoms with Crippen LogP contribution in [0.5, 0.6) is 0 Å². The largest absolute Gasteiger partial charge is 0.417 e. The maximum atomic E-state index is 12.4. The van der Waals surface area contributed by atoms with Crippen LogP contribution in [0.1, 0.15) is 29.4 Å². The topological polar surface area (TPSA) is 59.2 Å². The van der Waals surface area contributed by atoms with Gasteiger partial charge in [-0.3, -0.25) is 9.78 Å². The molecule has 0 radical (unpaired) electrons. The van der Waals surface area contributed by atoms with Gasteiger partial charge in [0.05, 0.1) is 5.56 Å². The third-order valence-electron chi connectivity index (χ3n) is 3.61. The Balaban J connectivity index is 2.10. The molecular formula is C13H16F3N3O. The van der Waals surface area contributed by atoms with E-state index >= 15 is 0 Å². The molecule has 0 spiro atoms. The Morgan fingerprint density at radius 3 is 2.65 bits per heavy atom. The summed E-state index contributed by atoms with van der Waals surface area (Å²) in [7, 11) is 0. The molecule has 0 saturated carbocycles. The zero-order chi connectivity index (χ0) is 14.9. The first-order valence-corrected chi connectivity index (χ1v) is 6.37. The van der Waals surface area contributed by atoms with Crippen LogP contribution in [0.15, 0.2) is 18.3 Å². The summed E-state index contributed by atoms with van der Waals surface area (Å²) in [4.78, 5) is 17.3. The van der Waals surface area contributed by atoms with Gasteiger partial charge in [-0.15, -0.1) is 0 Å². The SMILES string of the molecule is CC1CCN(C(=O)c2ccc(C(F)(F)F)cn2)CC1N. The molecule has 20 heavy (non-hydrogen) atoms. The summed E-state index contributed by atoms with van der Waals surface area (Å²) in [5.74, 6) is -0.0410. The number of rotatable bonds is 1. The van der Waals surface area contributed by atoms with Gasteiger partial charge in [-0.1, -0.05) is 6.92 Å². The highest BCUT2D eigenvalue weighted by Crippen LogP contribution is 2.28. The lowest BCUT2D eigenvalue weighted by atomic mass is 9.94. The first-order chi connectivity index (χ1) is 9.29. The van der Waals surface area contributed by atoms with Crippen molar-refractivity contribution in [3.63, 3.8) is 0 Å². The van der Waals surface area contributed by atoms with Gasteiger partial charge in [0.15, 0.2) is 0 Å². The number of halogens is 3. The lowest BCUT2D eigenvalue weighted by Gasteiger charge is -2.34. The lowest BCUT2D eigenvalue weighted by molar-refractivity contribution is -0.137. The second-order valence-corrected chi connectivity index (χ2v) is 5.11. The summed E-state index contributed by atoms with van der Waals surface area (Å²) < 4.78 is 37.3. The number of nitrogens with zero attached hydrogens (tertiary/aromatic N) is 2. The van der Waals surface area contributed by atoms with Gasteiger partial charge in [0.25, 0.3) is 5.91 Å². The molecule has 0 aromatic carbocycles. The summed E-state index contributed by atoms with van der Waals surface area (Å²) in [6.45, 7) is 2.97. The number of carbonyl (C=O) groups excluding carboxylic acids is 1. The van der Waals surface area contributed by atoms with Crippen LogP contribution in [0.2, 0.25) is 0 Å². The molecule has 1 saturated heterocycles. The van der Waals surface area contributed by atoms with Crippen LogP contribution < -0.4 is 5.73 Å². The molecule has 2 rings (SSSR count). The molecule has 2 atom stereocenters. The number of hydrogen-bond donors (Lipinski definition) is 1. The number of pyridine rings is 1. The van der Waals surface area contributed by atoms with Crippen molar-refractivity contribution in [3.05, 3.63) is 29.6 Å². The zero-order valence-electron chi connectivity index (χ0n) is 11.0. The Morgan fingerprint density at radius 2 is 2.15 bits per heavy atom. The Morgan fingerprint density at radius 1 is 1.45 bits per heavy atom. The van der Waals surface area contributed by atoms with Gasteiger partial charge in [-0.05, 0) is 24.5 Å². The van der Waals surface area contributed by atoms with E-state index in [2.05, 4.69) is 4.98 Å². The van der Waals surface area contributed by atoms with E-state index in [0.29, 0.717) is 25.2 Å². The van der Waals surface area contributed by atoms with Crippen molar-refractivity contribution in [1.29, 1.82) is 0 Å². The molecule has 0 aliphatic carbocycles. The Labute approximate surface area is 114 Å². The molecule has 0 bridgehead atoms. The van der Waals surface area contributed by atoms with E-state index in [1.165, 1.54) is 0 Å². The Bertz CT molecular complexity index is 487. The third-order valence-corrected chi connectivity index (χ3v) is 3.61. The second-order valence-electron chi connectivity index (χ2n) is 5.11. The minimum absolute atomic E-state index is 0.0137. The van der Waals surface area contributed by atoms with E-state index in [0.717, 1.165) is 18.6 Å². The van der Waals surface area contributed by atoms with Crippen molar-refractivity contribution >= 4 is 5.91 Å². The zero-order valence-corrected chi connectivity index (χ0v) is 11.0. The molecule has 1 fully saturated rings. The third kappa shape index (κ3) is 3.09. The van der Waals surface area contributed by atoms with Crippen LogP contribution >= 0.6 is 0 Å². The summed E-state index contributed by atoms with van der Waals surface area (Å²) >= 11 is 0. The van der Waals surface area contributed by atoms with Crippen molar-refractivity contribution in [1.82, 2.24) is 9.88 Å². The number of carbonyl (C=O) groups is 1. The van der Waals surface area contributed by atoms with Crippen LogP contribution in [-0.2, 0) is 6.18 Å². The van der Waals surface area contributed by atoms with E-state index in [4.69, 9.17) is 5.73 Å². The van der Waals surface area contributed by atoms with E-state index in [9.17, 15) is 18.0 Å². The van der Waals surface area contributed by atoms with Crippen LogP contribution in [0.4, 0.5) is 13.2 Å². The minimum atomic E-state index is -4.45. The van der Waals surface area contributed by atoms with E-state index < -0.39 is 11.7 Å². The molecule has 2 unspecified atom stereocenters. The number of nitrogens with two attached hydrogens (primary N) is 1. The molecule has 110 valence electrons. The molecule has 1 aliphatic rings. The van der Waals surface area contributed by atoms with E-state index in [1.807, 2.05) is 6.92 Å². The van der Waals surface area contributed by atoms with Crippen molar-refractivity contribution in [2.24, 2.45) is 11.7 Å². The smallest absolute Gasteiger partial charge is 0.336 e. The molecule has 1 amide bonds. The second kappa shape index (κ2) is 5.40. The van der Waals surface area contributed by atoms with Gasteiger partial charge < -0.3 is 10.6 Å². The number of amides is 1. The molecule has 2 heterocycles. The quantitative estimate of drug-likeness (QED) is 0.858. The van der Waals surface area contributed by atoms with Gasteiger partial charge in [0, 0.05) is 25.3 Å². The Hall–Kier alpha value is -1.63. The number of aromatic nitrogens is 1. The average Bonchev–Trinajstić information content (AvgIpc) is 2.40. The number of piperidine rings is 1. The van der Waals surface area contributed by atoms with Crippen molar-refractivity contribution < 1.29 is 18.0 Å². The number of alkyl halides is 3. The number of likely N-dealkylation sites (tertiary alicyclic amines) is 1. The fourth-order valence-electron chi connectivity index (χ4n) is 2.13. The fraction of sp³-hybridized carbons (Fsp3) is 0.538. The molecule has 1 aromatic heterocycles. The lowest BCUT2D eigenvalue weighted by Crippen LogP contribution is -2.49. The molecule has 7 heteroatoms. The van der Waals surface area contributed by atoms with Crippen molar-refractivity contribution in [2.75, 3.05) is 13.1 Å². The fourth-order valence-corrected chi connectivity index (χ4v) is 2.13. The summed E-state index contributed by atoms with van der Waals surface area (Å²) in [6.07, 6.45) is -2.98. The first kappa shape index (κ1) is 14.8. The normalized spacial score (nSPS) is 23.8. The predicted molar refractivity (Wildman–Crippen MR) is 66.9 cm³/mol. The molecule has 4 nitrogen and oxygen atoms in total. The van der Waals surface area contributed by atoms with Crippen molar-refractivity contribution in [3.8, 4) is 0 Å². The average molecular weight is 287 g/mol. The van der Waals surface area contributed by atoms with Gasteiger partial charge in [-0.25, -0.2) is 0 Å². The Kier molecular flexibility index (Phi) is 3.99. The van der Waals surface area contributed by atoms with Crippen LogP contribution in [0, 0.1) is 5.92 Å². The van der Waals surface area contributed by atoms with Gasteiger partial charge >= 0.3 is 6.18 Å². The van der Waals surface area contributed by atoms with Gasteiger partial charge in [0.1, 0.15) is 5.69 Å². The minimum Gasteiger partial charge on any atom is -0.336 e. The first-order valence-electron chi connectivity index (χ1n) is 6.37. The summed E-state index contributed by atoms with van der Waals surface area (Å²) in [5, 5.41) is 0. The molecular weight excluding hydrogens is 271 g/mol. The van der Waals surface area contributed by atoms with E-state index in [1.54, 1.807) is 4.90 Å².